The first-order chi connectivity index (χ1) is 13.7. The van der Waals surface area contributed by atoms with Crippen molar-refractivity contribution in [2.24, 2.45) is 34.5 Å². The van der Waals surface area contributed by atoms with E-state index in [1.165, 1.54) is 18.1 Å². The monoisotopic (exact) mass is 396 g/mol. The maximum atomic E-state index is 13.1. The van der Waals surface area contributed by atoms with Crippen molar-refractivity contribution in [1.29, 1.82) is 0 Å². The van der Waals surface area contributed by atoms with Crippen LogP contribution in [-0.2, 0) is 19.1 Å². The van der Waals surface area contributed by atoms with Crippen molar-refractivity contribution in [3.8, 4) is 0 Å². The summed E-state index contributed by atoms with van der Waals surface area (Å²) >= 11 is 0. The molecule has 0 aromatic heterocycles. The molecule has 156 valence electrons. The topological polar surface area (TPSA) is 60.4 Å². The number of fused-ring (bicyclic) bond motifs is 5. The fraction of sp³-hybridized carbons (Fsp3) is 0.640. The van der Waals surface area contributed by atoms with Gasteiger partial charge in [0.1, 0.15) is 6.61 Å². The third-order valence-corrected chi connectivity index (χ3v) is 8.41. The summed E-state index contributed by atoms with van der Waals surface area (Å²) < 4.78 is 5.08. The van der Waals surface area contributed by atoms with E-state index >= 15 is 0 Å². The predicted molar refractivity (Wildman–Crippen MR) is 111 cm³/mol. The zero-order valence-electron chi connectivity index (χ0n) is 18.0. The van der Waals surface area contributed by atoms with Gasteiger partial charge in [-0.2, -0.15) is 0 Å². The Hall–Kier alpha value is -1.97. The van der Waals surface area contributed by atoms with Crippen LogP contribution in [0.25, 0.3) is 0 Å². The predicted octanol–water partition coefficient (Wildman–Crippen LogP) is 4.60. The van der Waals surface area contributed by atoms with E-state index in [0.717, 1.165) is 32.1 Å². The van der Waals surface area contributed by atoms with Crippen LogP contribution in [0.4, 0.5) is 0 Å². The van der Waals surface area contributed by atoms with E-state index in [1.807, 2.05) is 6.08 Å². The molecule has 0 radical (unpaired) electrons. The molecule has 0 bridgehead atoms. The van der Waals surface area contributed by atoms with Crippen LogP contribution in [0.3, 0.4) is 0 Å². The van der Waals surface area contributed by atoms with Crippen molar-refractivity contribution in [2.45, 2.75) is 59.8 Å². The second-order valence-electron chi connectivity index (χ2n) is 9.86. The zero-order chi connectivity index (χ0) is 21.0. The minimum atomic E-state index is -0.393. The first-order valence-electron chi connectivity index (χ1n) is 11.0. The maximum Gasteiger partial charge on any atom is 0.303 e. The quantitative estimate of drug-likeness (QED) is 0.515. The summed E-state index contributed by atoms with van der Waals surface area (Å²) in [5, 5.41) is 0. The van der Waals surface area contributed by atoms with Crippen LogP contribution >= 0.6 is 0 Å². The van der Waals surface area contributed by atoms with Crippen LogP contribution in [0.2, 0.25) is 0 Å². The van der Waals surface area contributed by atoms with Crippen LogP contribution in [-0.4, -0.2) is 24.1 Å². The molecule has 2 unspecified atom stereocenters. The van der Waals surface area contributed by atoms with Crippen molar-refractivity contribution >= 4 is 17.5 Å². The molecule has 4 aliphatic rings. The summed E-state index contributed by atoms with van der Waals surface area (Å²) in [5.74, 6) is 0.990. The van der Waals surface area contributed by atoms with E-state index < -0.39 is 5.97 Å². The van der Waals surface area contributed by atoms with Crippen molar-refractivity contribution in [3.05, 3.63) is 35.5 Å². The van der Waals surface area contributed by atoms with Gasteiger partial charge in [-0.15, -0.1) is 0 Å². The van der Waals surface area contributed by atoms with E-state index in [2.05, 4.69) is 32.9 Å². The SMILES string of the molecule is CC[C@@H]1CC2C3CCC4=CC(=O)C=C[C@]4(C)C3=CC[C@]2(C)[C@H]1C(=O)COC(C)=O. The van der Waals surface area contributed by atoms with Gasteiger partial charge in [-0.05, 0) is 67.9 Å². The number of carbonyl (C=O) groups excluding carboxylic acids is 3. The number of esters is 1. The molecule has 4 nitrogen and oxygen atoms in total. The molecule has 29 heavy (non-hydrogen) atoms. The fourth-order valence-electron chi connectivity index (χ4n) is 7.00. The molecule has 0 aliphatic heterocycles. The second-order valence-corrected chi connectivity index (χ2v) is 9.86. The molecule has 0 aromatic carbocycles. The van der Waals surface area contributed by atoms with Gasteiger partial charge < -0.3 is 4.74 Å². The summed E-state index contributed by atoms with van der Waals surface area (Å²) in [7, 11) is 0. The largest absolute Gasteiger partial charge is 0.458 e. The summed E-state index contributed by atoms with van der Waals surface area (Å²) in [5.41, 5.74) is 2.45. The lowest BCUT2D eigenvalue weighted by Crippen LogP contribution is -2.45. The van der Waals surface area contributed by atoms with E-state index in [9.17, 15) is 14.4 Å². The highest BCUT2D eigenvalue weighted by Crippen LogP contribution is 2.65. The highest BCUT2D eigenvalue weighted by molar-refractivity contribution is 6.01. The number of hydrogen-bond donors (Lipinski definition) is 0. The number of rotatable bonds is 4. The van der Waals surface area contributed by atoms with Crippen molar-refractivity contribution in [2.75, 3.05) is 6.61 Å². The Balaban J connectivity index is 1.68. The second kappa shape index (κ2) is 7.07. The van der Waals surface area contributed by atoms with Gasteiger partial charge in [-0.3, -0.25) is 14.4 Å². The van der Waals surface area contributed by atoms with E-state index in [1.54, 1.807) is 6.08 Å². The van der Waals surface area contributed by atoms with Gasteiger partial charge in [0.15, 0.2) is 11.6 Å². The van der Waals surface area contributed by atoms with Gasteiger partial charge in [0.05, 0.1) is 0 Å². The molecule has 4 heteroatoms. The summed E-state index contributed by atoms with van der Waals surface area (Å²) in [6.45, 7) is 7.96. The highest BCUT2D eigenvalue weighted by atomic mass is 16.5. The Labute approximate surface area is 173 Å². The molecule has 2 fully saturated rings. The molecular weight excluding hydrogens is 364 g/mol. The van der Waals surface area contributed by atoms with Gasteiger partial charge in [0.25, 0.3) is 0 Å². The molecule has 0 saturated heterocycles. The Morgan fingerprint density at radius 2 is 2.03 bits per heavy atom. The van der Waals surface area contributed by atoms with Crippen LogP contribution in [0, 0.1) is 34.5 Å². The molecule has 4 rings (SSSR count). The Kier molecular flexibility index (Phi) is 4.95. The normalized spacial score (nSPS) is 40.3. The van der Waals surface area contributed by atoms with Crippen molar-refractivity contribution < 1.29 is 19.1 Å². The summed E-state index contributed by atoms with van der Waals surface area (Å²) in [6, 6.07) is 0. The first-order valence-corrected chi connectivity index (χ1v) is 11.0. The lowest BCUT2D eigenvalue weighted by atomic mass is 9.52. The van der Waals surface area contributed by atoms with E-state index in [4.69, 9.17) is 4.74 Å². The summed E-state index contributed by atoms with van der Waals surface area (Å²) in [4.78, 5) is 36.3. The molecule has 0 N–H and O–H groups in total. The van der Waals surface area contributed by atoms with Gasteiger partial charge in [0.2, 0.25) is 0 Å². The standard InChI is InChI=1S/C25H32O4/c1-5-16-12-21-19-7-6-17-13-18(27)8-10-24(17,3)20(19)9-11-25(21,4)23(16)22(28)14-29-15(2)26/h8-10,13,16,19,21,23H,5-7,11-12,14H2,1-4H3/t16-,19?,21?,23-,24+,25+/m1/s1. The number of ketones is 2. The van der Waals surface area contributed by atoms with Crippen LogP contribution in [0.15, 0.2) is 35.5 Å². The number of hydrogen-bond acceptors (Lipinski definition) is 4. The van der Waals surface area contributed by atoms with Gasteiger partial charge in [-0.1, -0.05) is 43.6 Å². The number of carbonyl (C=O) groups is 3. The van der Waals surface area contributed by atoms with E-state index in [-0.39, 0.29) is 34.9 Å². The highest BCUT2D eigenvalue weighted by Gasteiger charge is 2.59. The summed E-state index contributed by atoms with van der Waals surface area (Å²) in [6.07, 6.45) is 12.9. The van der Waals surface area contributed by atoms with Crippen molar-refractivity contribution in [3.63, 3.8) is 0 Å². The van der Waals surface area contributed by atoms with E-state index in [0.29, 0.717) is 17.8 Å². The van der Waals surface area contributed by atoms with Crippen LogP contribution in [0.5, 0.6) is 0 Å². The Bertz CT molecular complexity index is 847. The number of allylic oxidation sites excluding steroid dienone is 6. The fourth-order valence-corrected chi connectivity index (χ4v) is 7.00. The average molecular weight is 397 g/mol. The maximum absolute atomic E-state index is 13.1. The minimum absolute atomic E-state index is 0.0529. The first kappa shape index (κ1) is 20.3. The number of Topliss-reactive ketones (excluding diaryl/α,β-unsaturated/α-hetero) is 1. The smallest absolute Gasteiger partial charge is 0.303 e. The lowest BCUT2D eigenvalue weighted by Gasteiger charge is -2.52. The average Bonchev–Trinajstić information content (AvgIpc) is 2.99. The third-order valence-electron chi connectivity index (χ3n) is 8.41. The van der Waals surface area contributed by atoms with Crippen LogP contribution in [0.1, 0.15) is 59.8 Å². The molecule has 6 atom stereocenters. The third kappa shape index (κ3) is 3.06. The number of ether oxygens (including phenoxy) is 1. The zero-order valence-corrected chi connectivity index (χ0v) is 18.0. The molecule has 0 heterocycles. The molecular formula is C25H32O4. The van der Waals surface area contributed by atoms with Gasteiger partial charge in [0, 0.05) is 18.3 Å². The Morgan fingerprint density at radius 3 is 2.72 bits per heavy atom. The molecule has 2 saturated carbocycles. The van der Waals surface area contributed by atoms with Crippen molar-refractivity contribution in [1.82, 2.24) is 0 Å². The molecule has 0 aromatic rings. The molecule has 4 aliphatic carbocycles. The molecule has 0 amide bonds. The Morgan fingerprint density at radius 1 is 1.28 bits per heavy atom. The van der Waals surface area contributed by atoms with Crippen LogP contribution < -0.4 is 0 Å². The minimum Gasteiger partial charge on any atom is -0.458 e. The van der Waals surface area contributed by atoms with Gasteiger partial charge in [-0.25, -0.2) is 0 Å². The molecule has 0 spiro atoms. The van der Waals surface area contributed by atoms with Gasteiger partial charge >= 0.3 is 5.97 Å². The lowest BCUT2D eigenvalue weighted by molar-refractivity contribution is -0.148.